The van der Waals surface area contributed by atoms with E-state index in [0.717, 1.165) is 37.3 Å². The molecule has 0 saturated carbocycles. The van der Waals surface area contributed by atoms with Crippen LogP contribution in [0.15, 0.2) is 18.2 Å². The average Bonchev–Trinajstić information content (AvgIpc) is 3.76. The lowest BCUT2D eigenvalue weighted by molar-refractivity contribution is -0.137. The van der Waals surface area contributed by atoms with E-state index in [-0.39, 0.29) is 71.4 Å². The number of ether oxygens (including phenoxy) is 3. The number of amides is 1. The Labute approximate surface area is 320 Å². The molecule has 5 atom stereocenters. The van der Waals surface area contributed by atoms with Gasteiger partial charge in [0.1, 0.15) is 30.4 Å². The van der Waals surface area contributed by atoms with Gasteiger partial charge in [0.15, 0.2) is 5.82 Å². The predicted octanol–water partition coefficient (Wildman–Crippen LogP) is 5.66. The van der Waals surface area contributed by atoms with Crippen molar-refractivity contribution in [2.45, 2.75) is 87.8 Å². The van der Waals surface area contributed by atoms with E-state index in [0.29, 0.717) is 75.4 Å². The Morgan fingerprint density at radius 2 is 1.98 bits per heavy atom. The highest BCUT2D eigenvalue weighted by atomic mass is 35.5. The number of anilines is 2. The third kappa shape index (κ3) is 6.23. The highest BCUT2D eigenvalue weighted by molar-refractivity contribution is 6.35. The third-order valence-electron chi connectivity index (χ3n) is 12.5. The van der Waals surface area contributed by atoms with Gasteiger partial charge < -0.3 is 35.1 Å². The van der Waals surface area contributed by atoms with Crippen LogP contribution in [-0.2, 0) is 22.1 Å². The second kappa shape index (κ2) is 13.6. The second-order valence-corrected chi connectivity index (χ2v) is 16.2. The van der Waals surface area contributed by atoms with Crippen LogP contribution in [0.3, 0.4) is 0 Å². The Morgan fingerprint density at radius 3 is 2.76 bits per heavy atom. The van der Waals surface area contributed by atoms with Crippen LogP contribution in [0.1, 0.15) is 55.2 Å². The molecule has 294 valence electrons. The highest BCUT2D eigenvalue weighted by Gasteiger charge is 2.52. The first-order valence-electron chi connectivity index (χ1n) is 19.0. The Kier molecular flexibility index (Phi) is 9.05. The molecule has 0 radical (unpaired) electrons. The van der Waals surface area contributed by atoms with Crippen LogP contribution < -0.4 is 20.7 Å². The number of nitrogens with one attached hydrogen (secondary N) is 1. The number of benzene rings is 1. The molecule has 1 aromatic carbocycles. The van der Waals surface area contributed by atoms with Gasteiger partial charge in [0, 0.05) is 50.3 Å². The number of hydrogen-bond donors (Lipinski definition) is 2. The lowest BCUT2D eigenvalue weighted by atomic mass is 9.93. The van der Waals surface area contributed by atoms with Crippen molar-refractivity contribution in [3.8, 4) is 17.3 Å². The molecule has 8 heterocycles. The van der Waals surface area contributed by atoms with Gasteiger partial charge in [-0.15, -0.1) is 0 Å². The molecule has 2 bridgehead atoms. The topological polar surface area (TPSA) is 131 Å². The molecule has 6 aliphatic heterocycles. The minimum Gasteiger partial charge on any atom is -0.461 e. The first kappa shape index (κ1) is 36.6. The van der Waals surface area contributed by atoms with Crippen LogP contribution in [0, 0.1) is 12.7 Å². The van der Waals surface area contributed by atoms with Gasteiger partial charge >= 0.3 is 18.3 Å². The number of pyridine rings is 1. The van der Waals surface area contributed by atoms with Gasteiger partial charge in [0.05, 0.1) is 46.0 Å². The number of piperazine rings is 1. The zero-order valence-corrected chi connectivity index (χ0v) is 31.2. The van der Waals surface area contributed by atoms with Gasteiger partial charge in [-0.3, -0.25) is 4.90 Å². The molecule has 17 heteroatoms. The number of carbonyl (C=O) groups excluding carboxylic acids is 1. The quantitative estimate of drug-likeness (QED) is 0.237. The van der Waals surface area contributed by atoms with Crippen molar-refractivity contribution >= 4 is 40.2 Å². The maximum atomic E-state index is 17.2. The summed E-state index contributed by atoms with van der Waals surface area (Å²) in [6.45, 7) is 9.03. The molecule has 0 spiro atoms. The van der Waals surface area contributed by atoms with Crippen molar-refractivity contribution in [2.24, 2.45) is 0 Å². The Balaban J connectivity index is 1.10. The summed E-state index contributed by atoms with van der Waals surface area (Å²) in [5.41, 5.74) is 4.30. The van der Waals surface area contributed by atoms with Crippen LogP contribution in [-0.4, -0.2) is 113 Å². The standard InChI is InChI=1S/C38H43ClF4N8O4/c1-19-14-37(8-7-22(51(37)15-19)17-54-36(52)49-9-11-53-12-10-49)18-55-35-47-33-27-23(4-6-25-24-5-3-21(45-24)16-50(25)34(27)48-35)30(39)28(31(33)40)32-29(38(41,42)43)20(2)13-26(44)46-32/h13,21-22,24-25,45H,1,3-12,14-18H2,2H3,(H2,44,46). The second-order valence-electron chi connectivity index (χ2n) is 15.9. The number of halogens is 5. The first-order chi connectivity index (χ1) is 26.3. The van der Waals surface area contributed by atoms with E-state index in [1.807, 2.05) is 0 Å². The molecule has 9 rings (SSSR count). The summed E-state index contributed by atoms with van der Waals surface area (Å²) < 4.78 is 78.7. The Morgan fingerprint density at radius 1 is 1.18 bits per heavy atom. The molecule has 1 amide bonds. The number of alkyl halides is 3. The van der Waals surface area contributed by atoms with Crippen molar-refractivity contribution < 1.29 is 36.6 Å². The van der Waals surface area contributed by atoms with Gasteiger partial charge in [0.2, 0.25) is 0 Å². The van der Waals surface area contributed by atoms with Crippen LogP contribution in [0.2, 0.25) is 5.02 Å². The number of nitrogens with zero attached hydrogens (tertiary/aromatic N) is 6. The molecule has 5 unspecified atom stereocenters. The zero-order chi connectivity index (χ0) is 38.4. The molecule has 0 aliphatic carbocycles. The summed E-state index contributed by atoms with van der Waals surface area (Å²) in [5.74, 6) is -0.782. The minimum atomic E-state index is -4.87. The third-order valence-corrected chi connectivity index (χ3v) is 12.9. The van der Waals surface area contributed by atoms with Gasteiger partial charge in [-0.2, -0.15) is 23.1 Å². The smallest absolute Gasteiger partial charge is 0.418 e. The Hall–Kier alpha value is -3.99. The fourth-order valence-electron chi connectivity index (χ4n) is 10.0. The number of fused-ring (bicyclic) bond motifs is 6. The molecular formula is C38H43ClF4N8O4. The van der Waals surface area contributed by atoms with Gasteiger partial charge in [-0.25, -0.2) is 14.2 Å². The zero-order valence-electron chi connectivity index (χ0n) is 30.5. The molecule has 5 fully saturated rings. The summed E-state index contributed by atoms with van der Waals surface area (Å²) in [4.78, 5) is 32.5. The van der Waals surface area contributed by atoms with Crippen molar-refractivity contribution in [2.75, 3.05) is 63.2 Å². The van der Waals surface area contributed by atoms with E-state index >= 15 is 4.39 Å². The highest BCUT2D eigenvalue weighted by Crippen LogP contribution is 2.50. The largest absolute Gasteiger partial charge is 0.461 e. The van der Waals surface area contributed by atoms with Crippen molar-refractivity contribution in [3.63, 3.8) is 0 Å². The summed E-state index contributed by atoms with van der Waals surface area (Å²) in [5, 5.41) is 3.91. The maximum absolute atomic E-state index is 17.2. The number of aromatic nitrogens is 3. The molecule has 3 aromatic rings. The van der Waals surface area contributed by atoms with E-state index in [1.165, 1.54) is 6.92 Å². The molecule has 5 saturated heterocycles. The molecule has 6 aliphatic rings. The van der Waals surface area contributed by atoms with Crippen molar-refractivity contribution in [3.05, 3.63) is 45.7 Å². The lowest BCUT2D eigenvalue weighted by Crippen LogP contribution is -2.58. The number of morpholine rings is 1. The number of aryl methyl sites for hydroxylation is 2. The number of hydrogen-bond acceptors (Lipinski definition) is 11. The van der Waals surface area contributed by atoms with E-state index in [2.05, 4.69) is 31.7 Å². The predicted molar refractivity (Wildman–Crippen MR) is 197 cm³/mol. The normalized spacial score (nSPS) is 27.7. The minimum absolute atomic E-state index is 0.0128. The van der Waals surface area contributed by atoms with Crippen LogP contribution in [0.5, 0.6) is 6.01 Å². The molecule has 12 nitrogen and oxygen atoms in total. The summed E-state index contributed by atoms with van der Waals surface area (Å²) >= 11 is 7.01. The number of nitrogens with two attached hydrogens (primary N) is 1. The number of nitrogen functional groups attached to an aromatic ring is 1. The number of rotatable bonds is 6. The van der Waals surface area contributed by atoms with Gasteiger partial charge in [0.25, 0.3) is 0 Å². The summed E-state index contributed by atoms with van der Waals surface area (Å²) in [6, 6.07) is 1.31. The molecule has 3 N–H and O–H groups in total. The maximum Gasteiger partial charge on any atom is 0.418 e. The SMILES string of the molecule is C=C1CN2C(COC(=O)N3CCOCC3)CCC2(COc2nc3c4c(c(Cl)c(-c5nc(N)cc(C)c5C(F)(F)F)c(F)c4n2)CCC2C4CCC(CN32)N4)C1. The molecule has 2 aromatic heterocycles. The van der Waals surface area contributed by atoms with Crippen LogP contribution in [0.25, 0.3) is 22.2 Å². The fraction of sp³-hybridized carbons (Fsp3) is 0.579. The van der Waals surface area contributed by atoms with Gasteiger partial charge in [-0.1, -0.05) is 23.8 Å². The first-order valence-corrected chi connectivity index (χ1v) is 19.3. The van der Waals surface area contributed by atoms with E-state index < -0.39 is 34.4 Å². The lowest BCUT2D eigenvalue weighted by Gasteiger charge is -2.41. The Bertz CT molecular complexity index is 2080. The van der Waals surface area contributed by atoms with Crippen molar-refractivity contribution in [1.29, 1.82) is 0 Å². The number of carbonyl (C=O) groups is 1. The van der Waals surface area contributed by atoms with Crippen LogP contribution in [0.4, 0.5) is 34.0 Å². The molecule has 55 heavy (non-hydrogen) atoms. The van der Waals surface area contributed by atoms with E-state index in [9.17, 15) is 18.0 Å². The summed E-state index contributed by atoms with van der Waals surface area (Å²) in [6.07, 6.45) is -0.175. The average molecular weight is 787 g/mol. The fourth-order valence-corrected chi connectivity index (χ4v) is 10.4. The van der Waals surface area contributed by atoms with Crippen LogP contribution >= 0.6 is 11.6 Å². The summed E-state index contributed by atoms with van der Waals surface area (Å²) in [7, 11) is 0. The van der Waals surface area contributed by atoms with E-state index in [4.69, 9.17) is 36.5 Å². The van der Waals surface area contributed by atoms with Crippen molar-refractivity contribution in [1.82, 2.24) is 30.1 Å². The molecular weight excluding hydrogens is 744 g/mol. The van der Waals surface area contributed by atoms with E-state index in [1.54, 1.807) is 4.90 Å². The van der Waals surface area contributed by atoms with Gasteiger partial charge in [-0.05, 0) is 69.1 Å². The monoisotopic (exact) mass is 786 g/mol.